The van der Waals surface area contributed by atoms with Gasteiger partial charge in [0.05, 0.1) is 7.11 Å². The average Bonchev–Trinajstić information content (AvgIpc) is 2.27. The molecular weight excluding hydrogens is 190 g/mol. The molecule has 76 valence electrons. The summed E-state index contributed by atoms with van der Waals surface area (Å²) in [6.45, 7) is 2.01. The van der Waals surface area contributed by atoms with E-state index in [0.717, 1.165) is 16.3 Å². The van der Waals surface area contributed by atoms with Crippen molar-refractivity contribution < 1.29 is 9.53 Å². The van der Waals surface area contributed by atoms with Crippen molar-refractivity contribution >= 4 is 16.7 Å². The minimum atomic E-state index is -0.404. The first-order valence-electron chi connectivity index (χ1n) is 4.65. The topological polar surface area (TPSA) is 39.2 Å². The Bertz CT molecular complexity index is 520. The number of benzene rings is 1. The third kappa shape index (κ3) is 1.81. The molecule has 0 bridgehead atoms. The molecule has 0 spiro atoms. The Hall–Kier alpha value is -1.90. The average molecular weight is 201 g/mol. The molecule has 0 unspecified atom stereocenters. The van der Waals surface area contributed by atoms with E-state index in [9.17, 15) is 4.79 Å². The molecule has 0 aliphatic carbocycles. The van der Waals surface area contributed by atoms with E-state index in [0.29, 0.717) is 5.69 Å². The van der Waals surface area contributed by atoms with Crippen molar-refractivity contribution in [2.24, 2.45) is 0 Å². The minimum absolute atomic E-state index is 0.343. The van der Waals surface area contributed by atoms with Crippen LogP contribution in [0.4, 0.5) is 0 Å². The number of aromatic nitrogens is 1. The molecule has 0 atom stereocenters. The molecule has 0 amide bonds. The molecule has 0 saturated carbocycles. The summed E-state index contributed by atoms with van der Waals surface area (Å²) in [7, 11) is 1.35. The summed E-state index contributed by atoms with van der Waals surface area (Å²) in [5.41, 5.74) is 1.50. The molecule has 1 aromatic carbocycles. The summed E-state index contributed by atoms with van der Waals surface area (Å²) in [6, 6.07) is 7.76. The van der Waals surface area contributed by atoms with Gasteiger partial charge in [-0.05, 0) is 18.4 Å². The number of rotatable bonds is 1. The summed E-state index contributed by atoms with van der Waals surface area (Å²) in [5, 5.41) is 2.03. The second-order valence-corrected chi connectivity index (χ2v) is 3.41. The smallest absolute Gasteiger partial charge is 0.356 e. The standard InChI is InChI=1S/C12H11NO2/c1-8-3-4-9-7-13-11(12(14)15-2)6-10(9)5-8/h3-7H,1-2H3. The quantitative estimate of drug-likeness (QED) is 0.665. The van der Waals surface area contributed by atoms with Gasteiger partial charge >= 0.3 is 5.97 Å². The number of aryl methyl sites for hydroxylation is 1. The number of fused-ring (bicyclic) bond motifs is 1. The molecule has 2 aromatic rings. The third-order valence-corrected chi connectivity index (χ3v) is 2.27. The Morgan fingerprint density at radius 1 is 1.27 bits per heavy atom. The molecule has 0 aliphatic heterocycles. The van der Waals surface area contributed by atoms with Crippen molar-refractivity contribution in [2.45, 2.75) is 6.92 Å². The van der Waals surface area contributed by atoms with Crippen LogP contribution in [-0.4, -0.2) is 18.1 Å². The fourth-order valence-electron chi connectivity index (χ4n) is 1.48. The molecule has 1 heterocycles. The van der Waals surface area contributed by atoms with Crippen molar-refractivity contribution in [3.05, 3.63) is 41.7 Å². The maximum Gasteiger partial charge on any atom is 0.356 e. The van der Waals surface area contributed by atoms with E-state index in [1.54, 1.807) is 12.3 Å². The molecule has 15 heavy (non-hydrogen) atoms. The lowest BCUT2D eigenvalue weighted by Crippen LogP contribution is -2.03. The Balaban J connectivity index is 2.59. The van der Waals surface area contributed by atoms with Crippen LogP contribution in [0.15, 0.2) is 30.5 Å². The first-order chi connectivity index (χ1) is 7.20. The van der Waals surface area contributed by atoms with Gasteiger partial charge in [-0.1, -0.05) is 23.8 Å². The zero-order chi connectivity index (χ0) is 10.8. The highest BCUT2D eigenvalue weighted by molar-refractivity contribution is 5.93. The van der Waals surface area contributed by atoms with Crippen molar-refractivity contribution in [3.63, 3.8) is 0 Å². The van der Waals surface area contributed by atoms with Gasteiger partial charge in [-0.25, -0.2) is 9.78 Å². The van der Waals surface area contributed by atoms with Gasteiger partial charge in [-0.2, -0.15) is 0 Å². The largest absolute Gasteiger partial charge is 0.464 e. The summed E-state index contributed by atoms with van der Waals surface area (Å²) >= 11 is 0. The van der Waals surface area contributed by atoms with Crippen LogP contribution in [0.25, 0.3) is 10.8 Å². The summed E-state index contributed by atoms with van der Waals surface area (Å²) in [6.07, 6.45) is 1.68. The molecular formula is C12H11NO2. The molecule has 0 fully saturated rings. The maximum absolute atomic E-state index is 11.3. The van der Waals surface area contributed by atoms with Gasteiger partial charge in [0, 0.05) is 11.6 Å². The van der Waals surface area contributed by atoms with E-state index < -0.39 is 5.97 Å². The number of hydrogen-bond donors (Lipinski definition) is 0. The van der Waals surface area contributed by atoms with Crippen LogP contribution in [-0.2, 0) is 4.74 Å². The monoisotopic (exact) mass is 201 g/mol. The minimum Gasteiger partial charge on any atom is -0.464 e. The number of pyridine rings is 1. The number of hydrogen-bond acceptors (Lipinski definition) is 3. The van der Waals surface area contributed by atoms with Gasteiger partial charge in [0.15, 0.2) is 0 Å². The summed E-state index contributed by atoms with van der Waals surface area (Å²) < 4.78 is 4.61. The van der Waals surface area contributed by atoms with E-state index in [1.165, 1.54) is 7.11 Å². The molecule has 3 heteroatoms. The molecule has 0 N–H and O–H groups in total. The number of methoxy groups -OCH3 is 1. The Kier molecular flexibility index (Phi) is 2.37. The van der Waals surface area contributed by atoms with Crippen molar-refractivity contribution in [3.8, 4) is 0 Å². The second-order valence-electron chi connectivity index (χ2n) is 3.41. The van der Waals surface area contributed by atoms with Gasteiger partial charge in [-0.3, -0.25) is 0 Å². The first-order valence-corrected chi connectivity index (χ1v) is 4.65. The highest BCUT2D eigenvalue weighted by Gasteiger charge is 2.07. The highest BCUT2D eigenvalue weighted by atomic mass is 16.5. The van der Waals surface area contributed by atoms with Crippen LogP contribution in [0.3, 0.4) is 0 Å². The van der Waals surface area contributed by atoms with Crippen LogP contribution < -0.4 is 0 Å². The van der Waals surface area contributed by atoms with E-state index in [1.807, 2.05) is 25.1 Å². The van der Waals surface area contributed by atoms with Gasteiger partial charge in [0.25, 0.3) is 0 Å². The molecule has 1 aromatic heterocycles. The van der Waals surface area contributed by atoms with Crippen LogP contribution in [0.5, 0.6) is 0 Å². The lowest BCUT2D eigenvalue weighted by Gasteiger charge is -2.01. The van der Waals surface area contributed by atoms with Gasteiger partial charge < -0.3 is 4.74 Å². The van der Waals surface area contributed by atoms with Crippen molar-refractivity contribution in [1.82, 2.24) is 4.98 Å². The zero-order valence-electron chi connectivity index (χ0n) is 8.65. The Morgan fingerprint density at radius 2 is 2.07 bits per heavy atom. The van der Waals surface area contributed by atoms with E-state index in [4.69, 9.17) is 0 Å². The number of carbonyl (C=O) groups is 1. The Labute approximate surface area is 87.7 Å². The van der Waals surface area contributed by atoms with Gasteiger partial charge in [-0.15, -0.1) is 0 Å². The first kappa shape index (κ1) is 9.65. The number of carbonyl (C=O) groups excluding carboxylic acids is 1. The van der Waals surface area contributed by atoms with Crippen molar-refractivity contribution in [1.29, 1.82) is 0 Å². The number of nitrogens with zero attached hydrogens (tertiary/aromatic N) is 1. The fraction of sp³-hybridized carbons (Fsp3) is 0.167. The molecule has 3 nitrogen and oxygen atoms in total. The number of ether oxygens (including phenoxy) is 1. The van der Waals surface area contributed by atoms with E-state index in [-0.39, 0.29) is 0 Å². The van der Waals surface area contributed by atoms with Crippen LogP contribution in [0.1, 0.15) is 16.1 Å². The summed E-state index contributed by atoms with van der Waals surface area (Å²) in [5.74, 6) is -0.404. The normalized spacial score (nSPS) is 10.3. The van der Waals surface area contributed by atoms with Crippen LogP contribution in [0.2, 0.25) is 0 Å². The second kappa shape index (κ2) is 3.69. The van der Waals surface area contributed by atoms with E-state index in [2.05, 4.69) is 9.72 Å². The van der Waals surface area contributed by atoms with Gasteiger partial charge in [0.1, 0.15) is 5.69 Å². The summed E-state index contributed by atoms with van der Waals surface area (Å²) in [4.78, 5) is 15.3. The molecule has 0 aliphatic rings. The maximum atomic E-state index is 11.3. The Morgan fingerprint density at radius 3 is 2.80 bits per heavy atom. The highest BCUT2D eigenvalue weighted by Crippen LogP contribution is 2.16. The van der Waals surface area contributed by atoms with Crippen LogP contribution >= 0.6 is 0 Å². The SMILES string of the molecule is COC(=O)c1cc2cc(C)ccc2cn1. The lowest BCUT2D eigenvalue weighted by molar-refractivity contribution is 0.0594. The molecule has 0 saturated heterocycles. The van der Waals surface area contributed by atoms with E-state index >= 15 is 0 Å². The van der Waals surface area contributed by atoms with Crippen LogP contribution in [0, 0.1) is 6.92 Å². The molecule has 0 radical (unpaired) electrons. The lowest BCUT2D eigenvalue weighted by atomic mass is 10.1. The predicted molar refractivity (Wildman–Crippen MR) is 57.8 cm³/mol. The predicted octanol–water partition coefficient (Wildman–Crippen LogP) is 2.33. The van der Waals surface area contributed by atoms with Gasteiger partial charge in [0.2, 0.25) is 0 Å². The third-order valence-electron chi connectivity index (χ3n) is 2.27. The zero-order valence-corrected chi connectivity index (χ0v) is 8.65. The fourth-order valence-corrected chi connectivity index (χ4v) is 1.48. The van der Waals surface area contributed by atoms with Crippen molar-refractivity contribution in [2.75, 3.05) is 7.11 Å². The number of esters is 1. The molecule has 2 rings (SSSR count).